The van der Waals surface area contributed by atoms with Gasteiger partial charge in [0.1, 0.15) is 0 Å². The molecule has 0 spiro atoms. The van der Waals surface area contributed by atoms with E-state index in [0.29, 0.717) is 6.04 Å². The zero-order chi connectivity index (χ0) is 13.8. The predicted molar refractivity (Wildman–Crippen MR) is 81.4 cm³/mol. The molecule has 1 aliphatic carbocycles. The van der Waals surface area contributed by atoms with Crippen LogP contribution >= 0.6 is 12.2 Å². The summed E-state index contributed by atoms with van der Waals surface area (Å²) in [7, 11) is 6.31. The van der Waals surface area contributed by atoms with Crippen LogP contribution in [0.5, 0.6) is 0 Å². The largest absolute Gasteiger partial charge is 0.344 e. The smallest absolute Gasteiger partial charge is 0.225 e. The normalized spacial score (nSPS) is 16.4. The Bertz CT molecular complexity index is 444. The van der Waals surface area contributed by atoms with E-state index in [0.717, 1.165) is 30.2 Å². The summed E-state index contributed by atoms with van der Waals surface area (Å²) >= 11 is 5.39. The molecular formula is C13H25N5S. The zero-order valence-electron chi connectivity index (χ0n) is 12.2. The maximum atomic E-state index is 5.39. The van der Waals surface area contributed by atoms with Crippen LogP contribution in [0.2, 0.25) is 0 Å². The molecule has 2 rings (SSSR count). The van der Waals surface area contributed by atoms with Crippen molar-refractivity contribution < 1.29 is 0 Å². The second kappa shape index (κ2) is 6.52. The molecule has 5 nitrogen and oxygen atoms in total. The first kappa shape index (κ1) is 14.5. The molecule has 1 N–H and O–H groups in total. The van der Waals surface area contributed by atoms with E-state index in [1.54, 1.807) is 0 Å². The molecule has 0 radical (unpaired) electrons. The third kappa shape index (κ3) is 3.57. The van der Waals surface area contributed by atoms with Crippen LogP contribution in [0.1, 0.15) is 38.1 Å². The Morgan fingerprint density at radius 3 is 2.58 bits per heavy atom. The van der Waals surface area contributed by atoms with Crippen molar-refractivity contribution in [2.24, 2.45) is 0 Å². The van der Waals surface area contributed by atoms with Crippen LogP contribution in [0.25, 0.3) is 0 Å². The van der Waals surface area contributed by atoms with Gasteiger partial charge in [0, 0.05) is 19.6 Å². The summed E-state index contributed by atoms with van der Waals surface area (Å²) in [6.07, 6.45) is 6.20. The van der Waals surface area contributed by atoms with Crippen LogP contribution in [0.15, 0.2) is 0 Å². The third-order valence-electron chi connectivity index (χ3n) is 3.82. The minimum Gasteiger partial charge on any atom is -0.344 e. The van der Waals surface area contributed by atoms with Gasteiger partial charge in [-0.1, -0.05) is 12.8 Å². The molecule has 0 unspecified atom stereocenters. The molecule has 1 saturated carbocycles. The van der Waals surface area contributed by atoms with E-state index in [1.807, 2.05) is 0 Å². The van der Waals surface area contributed by atoms with Crippen molar-refractivity contribution in [2.45, 2.75) is 38.1 Å². The topological polar surface area (TPSA) is 40.1 Å². The molecule has 0 bridgehead atoms. The molecule has 1 fully saturated rings. The number of rotatable bonds is 6. The van der Waals surface area contributed by atoms with Gasteiger partial charge in [0.05, 0.1) is 0 Å². The second-order valence-corrected chi connectivity index (χ2v) is 6.10. The van der Waals surface area contributed by atoms with Crippen molar-refractivity contribution in [3.8, 4) is 0 Å². The van der Waals surface area contributed by atoms with E-state index >= 15 is 0 Å². The fourth-order valence-corrected chi connectivity index (χ4v) is 3.06. The van der Waals surface area contributed by atoms with Crippen LogP contribution in [-0.4, -0.2) is 53.9 Å². The van der Waals surface area contributed by atoms with Gasteiger partial charge in [-0.2, -0.15) is 0 Å². The van der Waals surface area contributed by atoms with Crippen molar-refractivity contribution >= 4 is 18.2 Å². The van der Waals surface area contributed by atoms with Gasteiger partial charge in [0.2, 0.25) is 5.95 Å². The Morgan fingerprint density at radius 2 is 1.95 bits per heavy atom. The first-order valence-electron chi connectivity index (χ1n) is 7.12. The Morgan fingerprint density at radius 1 is 1.26 bits per heavy atom. The molecule has 0 amide bonds. The highest BCUT2D eigenvalue weighted by Gasteiger charge is 2.22. The van der Waals surface area contributed by atoms with Crippen LogP contribution in [0, 0.1) is 4.77 Å². The van der Waals surface area contributed by atoms with E-state index in [1.165, 1.54) is 25.7 Å². The van der Waals surface area contributed by atoms with E-state index in [9.17, 15) is 0 Å². The summed E-state index contributed by atoms with van der Waals surface area (Å²) in [5.74, 6) is 0.996. The Labute approximate surface area is 120 Å². The number of H-pyrrole nitrogens is 1. The molecule has 1 aromatic heterocycles. The van der Waals surface area contributed by atoms with Gasteiger partial charge < -0.3 is 9.80 Å². The summed E-state index contributed by atoms with van der Waals surface area (Å²) in [6.45, 7) is 2.10. The van der Waals surface area contributed by atoms with E-state index in [4.69, 9.17) is 12.2 Å². The SMILES string of the molecule is CN(C)CCCN(C)c1n[nH]c(=S)n1C1CCCC1. The fourth-order valence-electron chi connectivity index (χ4n) is 2.78. The summed E-state index contributed by atoms with van der Waals surface area (Å²) < 4.78 is 2.99. The maximum Gasteiger partial charge on any atom is 0.225 e. The highest BCUT2D eigenvalue weighted by Crippen LogP contribution is 2.32. The summed E-state index contributed by atoms with van der Waals surface area (Å²) in [5.41, 5.74) is 0. The molecule has 0 atom stereocenters. The average Bonchev–Trinajstić information content (AvgIpc) is 2.96. The van der Waals surface area contributed by atoms with Gasteiger partial charge in [-0.05, 0) is 52.1 Å². The first-order valence-corrected chi connectivity index (χ1v) is 7.53. The quantitative estimate of drug-likeness (QED) is 0.814. The minimum atomic E-state index is 0.539. The average molecular weight is 283 g/mol. The number of hydrogen-bond donors (Lipinski definition) is 1. The molecule has 1 aromatic rings. The van der Waals surface area contributed by atoms with Crippen molar-refractivity contribution in [1.82, 2.24) is 19.7 Å². The number of nitrogens with one attached hydrogen (secondary N) is 1. The molecule has 108 valence electrons. The molecule has 0 aromatic carbocycles. The van der Waals surface area contributed by atoms with Gasteiger partial charge in [0.25, 0.3) is 0 Å². The van der Waals surface area contributed by atoms with Crippen LogP contribution in [-0.2, 0) is 0 Å². The van der Waals surface area contributed by atoms with Crippen molar-refractivity contribution in [3.05, 3.63) is 4.77 Å². The summed E-state index contributed by atoms with van der Waals surface area (Å²) in [5, 5.41) is 7.37. The third-order valence-corrected chi connectivity index (χ3v) is 4.10. The molecule has 0 aliphatic heterocycles. The monoisotopic (exact) mass is 283 g/mol. The molecular weight excluding hydrogens is 258 g/mol. The van der Waals surface area contributed by atoms with E-state index in [-0.39, 0.29) is 0 Å². The van der Waals surface area contributed by atoms with E-state index in [2.05, 4.69) is 45.7 Å². The summed E-state index contributed by atoms with van der Waals surface area (Å²) in [4.78, 5) is 4.43. The van der Waals surface area contributed by atoms with Gasteiger partial charge in [-0.25, -0.2) is 5.10 Å². The van der Waals surface area contributed by atoms with Crippen LogP contribution in [0.3, 0.4) is 0 Å². The predicted octanol–water partition coefficient (Wildman–Crippen LogP) is 2.44. The lowest BCUT2D eigenvalue weighted by Crippen LogP contribution is -2.26. The highest BCUT2D eigenvalue weighted by atomic mass is 32.1. The van der Waals surface area contributed by atoms with Crippen LogP contribution in [0.4, 0.5) is 5.95 Å². The molecule has 1 heterocycles. The second-order valence-electron chi connectivity index (χ2n) is 5.72. The number of nitrogens with zero attached hydrogens (tertiary/aromatic N) is 4. The Balaban J connectivity index is 2.04. The standard InChI is InChI=1S/C13H25N5S/c1-16(2)9-6-10-17(3)12-14-15-13(19)18(12)11-7-4-5-8-11/h11H,4-10H2,1-3H3,(H,15,19). The van der Waals surface area contributed by atoms with Gasteiger partial charge in [0.15, 0.2) is 4.77 Å². The Hall–Kier alpha value is -0.880. The molecule has 0 saturated heterocycles. The lowest BCUT2D eigenvalue weighted by atomic mass is 10.2. The van der Waals surface area contributed by atoms with Crippen LogP contribution < -0.4 is 4.90 Å². The van der Waals surface area contributed by atoms with Gasteiger partial charge in [-0.15, -0.1) is 5.10 Å². The number of aromatic amines is 1. The van der Waals surface area contributed by atoms with Crippen molar-refractivity contribution in [3.63, 3.8) is 0 Å². The highest BCUT2D eigenvalue weighted by molar-refractivity contribution is 7.71. The lowest BCUT2D eigenvalue weighted by Gasteiger charge is -2.22. The first-order chi connectivity index (χ1) is 9.09. The molecule has 19 heavy (non-hydrogen) atoms. The number of anilines is 1. The number of hydrogen-bond acceptors (Lipinski definition) is 4. The molecule has 6 heteroatoms. The fraction of sp³-hybridized carbons (Fsp3) is 0.846. The maximum absolute atomic E-state index is 5.39. The number of aromatic nitrogens is 3. The zero-order valence-corrected chi connectivity index (χ0v) is 13.0. The van der Waals surface area contributed by atoms with Gasteiger partial charge in [-0.3, -0.25) is 4.57 Å². The van der Waals surface area contributed by atoms with E-state index < -0.39 is 0 Å². The van der Waals surface area contributed by atoms with Crippen molar-refractivity contribution in [1.29, 1.82) is 0 Å². The Kier molecular flexibility index (Phi) is 4.99. The van der Waals surface area contributed by atoms with Crippen molar-refractivity contribution in [2.75, 3.05) is 39.1 Å². The lowest BCUT2D eigenvalue weighted by molar-refractivity contribution is 0.400. The minimum absolute atomic E-state index is 0.539. The van der Waals surface area contributed by atoms with Gasteiger partial charge >= 0.3 is 0 Å². The molecule has 1 aliphatic rings. The summed E-state index contributed by atoms with van der Waals surface area (Å²) in [6, 6.07) is 0.539.